The maximum absolute atomic E-state index is 11.6. The molecule has 1 atom stereocenters. The summed E-state index contributed by atoms with van der Waals surface area (Å²) in [7, 11) is 0. The van der Waals surface area contributed by atoms with E-state index >= 15 is 0 Å². The summed E-state index contributed by atoms with van der Waals surface area (Å²) in [6.07, 6.45) is 0.987. The third-order valence-electron chi connectivity index (χ3n) is 2.50. The Labute approximate surface area is 85.0 Å². The Morgan fingerprint density at radius 2 is 2.21 bits per heavy atom. The minimum atomic E-state index is -0.578. The first kappa shape index (κ1) is 11.5. The van der Waals surface area contributed by atoms with Crippen molar-refractivity contribution >= 4 is 5.97 Å². The van der Waals surface area contributed by atoms with Crippen molar-refractivity contribution in [1.29, 1.82) is 0 Å². The number of carbonyl (C=O) groups is 1. The van der Waals surface area contributed by atoms with E-state index in [1.807, 2.05) is 6.92 Å². The molecule has 0 aromatic heterocycles. The Morgan fingerprint density at radius 3 is 2.57 bits per heavy atom. The van der Waals surface area contributed by atoms with Crippen LogP contribution in [0.25, 0.3) is 0 Å². The first-order chi connectivity index (χ1) is 6.64. The fourth-order valence-electron chi connectivity index (χ4n) is 1.41. The molecule has 0 amide bonds. The summed E-state index contributed by atoms with van der Waals surface area (Å²) >= 11 is 0. The van der Waals surface area contributed by atoms with E-state index in [-0.39, 0.29) is 5.97 Å². The van der Waals surface area contributed by atoms with E-state index in [0.717, 1.165) is 6.42 Å². The van der Waals surface area contributed by atoms with Crippen LogP contribution in [0.1, 0.15) is 27.2 Å². The molecule has 1 unspecified atom stereocenters. The van der Waals surface area contributed by atoms with Crippen LogP contribution < -0.4 is 5.32 Å². The number of nitrogens with one attached hydrogen (secondary N) is 1. The summed E-state index contributed by atoms with van der Waals surface area (Å²) in [4.78, 5) is 11.6. The van der Waals surface area contributed by atoms with Crippen molar-refractivity contribution in [3.8, 4) is 0 Å². The van der Waals surface area contributed by atoms with E-state index in [0.29, 0.717) is 25.9 Å². The number of hydrogen-bond donors (Lipinski definition) is 1. The van der Waals surface area contributed by atoms with Crippen molar-refractivity contribution in [2.45, 2.75) is 38.8 Å². The molecule has 0 aromatic rings. The summed E-state index contributed by atoms with van der Waals surface area (Å²) in [6, 6.07) is 0.309. The number of rotatable bonds is 5. The molecular formula is C10H19NO3. The zero-order valence-electron chi connectivity index (χ0n) is 9.13. The molecule has 14 heavy (non-hydrogen) atoms. The van der Waals surface area contributed by atoms with Crippen LogP contribution in [-0.2, 0) is 14.3 Å². The van der Waals surface area contributed by atoms with Crippen molar-refractivity contribution in [1.82, 2.24) is 5.32 Å². The minimum Gasteiger partial charge on any atom is -0.464 e. The van der Waals surface area contributed by atoms with Gasteiger partial charge in [-0.3, -0.25) is 5.32 Å². The van der Waals surface area contributed by atoms with Crippen LogP contribution >= 0.6 is 0 Å². The van der Waals surface area contributed by atoms with Gasteiger partial charge in [0.05, 0.1) is 19.8 Å². The van der Waals surface area contributed by atoms with Crippen LogP contribution in [0, 0.1) is 0 Å². The lowest BCUT2D eigenvalue weighted by Gasteiger charge is -2.41. The highest BCUT2D eigenvalue weighted by Crippen LogP contribution is 2.20. The van der Waals surface area contributed by atoms with Gasteiger partial charge in [0.2, 0.25) is 0 Å². The van der Waals surface area contributed by atoms with Crippen molar-refractivity contribution in [3.05, 3.63) is 0 Å². The molecule has 4 nitrogen and oxygen atoms in total. The van der Waals surface area contributed by atoms with E-state index in [1.165, 1.54) is 0 Å². The largest absolute Gasteiger partial charge is 0.464 e. The molecule has 82 valence electrons. The zero-order chi connectivity index (χ0) is 10.6. The van der Waals surface area contributed by atoms with Crippen LogP contribution in [0.4, 0.5) is 0 Å². The quantitative estimate of drug-likeness (QED) is 0.665. The fourth-order valence-corrected chi connectivity index (χ4v) is 1.41. The Hall–Kier alpha value is -0.610. The Kier molecular flexibility index (Phi) is 3.89. The van der Waals surface area contributed by atoms with E-state index in [4.69, 9.17) is 9.47 Å². The molecule has 0 bridgehead atoms. The molecule has 1 heterocycles. The number of esters is 1. The lowest BCUT2D eigenvalue weighted by Crippen LogP contribution is -2.68. The highest BCUT2D eigenvalue weighted by Gasteiger charge is 2.47. The van der Waals surface area contributed by atoms with Crippen LogP contribution in [0.15, 0.2) is 0 Å². The normalized spacial score (nSPS) is 21.1. The van der Waals surface area contributed by atoms with Gasteiger partial charge in [0.15, 0.2) is 5.54 Å². The second-order valence-corrected chi connectivity index (χ2v) is 3.75. The van der Waals surface area contributed by atoms with Gasteiger partial charge in [0, 0.05) is 6.04 Å². The Morgan fingerprint density at radius 1 is 1.57 bits per heavy atom. The summed E-state index contributed by atoms with van der Waals surface area (Å²) in [6.45, 7) is 7.22. The summed E-state index contributed by atoms with van der Waals surface area (Å²) in [5, 5.41) is 3.26. The lowest BCUT2D eigenvalue weighted by atomic mass is 9.96. The van der Waals surface area contributed by atoms with E-state index in [2.05, 4.69) is 19.2 Å². The van der Waals surface area contributed by atoms with Crippen molar-refractivity contribution in [3.63, 3.8) is 0 Å². The van der Waals surface area contributed by atoms with Crippen molar-refractivity contribution in [2.24, 2.45) is 0 Å². The molecule has 0 spiro atoms. The minimum absolute atomic E-state index is 0.188. The molecule has 4 heteroatoms. The van der Waals surface area contributed by atoms with Gasteiger partial charge in [-0.05, 0) is 20.3 Å². The smallest absolute Gasteiger partial charge is 0.331 e. The molecule has 0 radical (unpaired) electrons. The van der Waals surface area contributed by atoms with Gasteiger partial charge in [-0.2, -0.15) is 0 Å². The van der Waals surface area contributed by atoms with Gasteiger partial charge in [0.25, 0.3) is 0 Å². The predicted molar refractivity (Wildman–Crippen MR) is 53.1 cm³/mol. The molecule has 1 fully saturated rings. The van der Waals surface area contributed by atoms with Gasteiger partial charge >= 0.3 is 5.97 Å². The van der Waals surface area contributed by atoms with Gasteiger partial charge in [-0.1, -0.05) is 6.92 Å². The number of ether oxygens (including phenoxy) is 2. The van der Waals surface area contributed by atoms with Crippen molar-refractivity contribution in [2.75, 3.05) is 19.8 Å². The molecule has 1 rings (SSSR count). The second kappa shape index (κ2) is 4.75. The third kappa shape index (κ3) is 2.25. The van der Waals surface area contributed by atoms with Crippen LogP contribution in [0.5, 0.6) is 0 Å². The second-order valence-electron chi connectivity index (χ2n) is 3.75. The zero-order valence-corrected chi connectivity index (χ0v) is 9.13. The Balaban J connectivity index is 2.52. The maximum atomic E-state index is 11.6. The molecule has 0 aromatic carbocycles. The molecule has 1 aliphatic rings. The first-order valence-corrected chi connectivity index (χ1v) is 5.17. The Bertz CT molecular complexity index is 202. The average molecular weight is 201 g/mol. The van der Waals surface area contributed by atoms with Crippen LogP contribution in [0.3, 0.4) is 0 Å². The third-order valence-corrected chi connectivity index (χ3v) is 2.50. The van der Waals surface area contributed by atoms with Crippen LogP contribution in [-0.4, -0.2) is 37.4 Å². The molecule has 0 saturated carbocycles. The lowest BCUT2D eigenvalue weighted by molar-refractivity contribution is -0.173. The summed E-state index contributed by atoms with van der Waals surface area (Å²) < 4.78 is 10.1. The molecule has 1 N–H and O–H groups in total. The summed E-state index contributed by atoms with van der Waals surface area (Å²) in [5.74, 6) is -0.188. The monoisotopic (exact) mass is 201 g/mol. The van der Waals surface area contributed by atoms with Gasteiger partial charge in [0.1, 0.15) is 0 Å². The maximum Gasteiger partial charge on any atom is 0.331 e. The SMILES string of the molecule is CCOC(=O)C1(NC(C)CC)COC1. The highest BCUT2D eigenvalue weighted by molar-refractivity contribution is 5.82. The molecular weight excluding hydrogens is 182 g/mol. The first-order valence-electron chi connectivity index (χ1n) is 5.17. The van der Waals surface area contributed by atoms with Gasteiger partial charge < -0.3 is 9.47 Å². The van der Waals surface area contributed by atoms with E-state index in [9.17, 15) is 4.79 Å². The number of hydrogen-bond acceptors (Lipinski definition) is 4. The van der Waals surface area contributed by atoms with Crippen LogP contribution in [0.2, 0.25) is 0 Å². The number of carbonyl (C=O) groups excluding carboxylic acids is 1. The highest BCUT2D eigenvalue weighted by atomic mass is 16.6. The standard InChI is InChI=1S/C10H19NO3/c1-4-8(3)11-10(6-13-7-10)9(12)14-5-2/h8,11H,4-7H2,1-3H3. The van der Waals surface area contributed by atoms with E-state index in [1.54, 1.807) is 0 Å². The topological polar surface area (TPSA) is 47.6 Å². The molecule has 1 aliphatic heterocycles. The molecule has 1 saturated heterocycles. The van der Waals surface area contributed by atoms with E-state index < -0.39 is 5.54 Å². The molecule has 0 aliphatic carbocycles. The average Bonchev–Trinajstić information content (AvgIpc) is 2.11. The summed E-state index contributed by atoms with van der Waals surface area (Å²) in [5.41, 5.74) is -0.578. The van der Waals surface area contributed by atoms with Gasteiger partial charge in [-0.25, -0.2) is 4.79 Å². The predicted octanol–water partition coefficient (Wildman–Crippen LogP) is 0.707. The van der Waals surface area contributed by atoms with Gasteiger partial charge in [-0.15, -0.1) is 0 Å². The fraction of sp³-hybridized carbons (Fsp3) is 0.900. The van der Waals surface area contributed by atoms with Crippen molar-refractivity contribution < 1.29 is 14.3 Å².